The largest absolute Gasteiger partial charge is 0.444 e. The van der Waals surface area contributed by atoms with Crippen LogP contribution in [0.3, 0.4) is 0 Å². The molecule has 0 aromatic heterocycles. The lowest BCUT2D eigenvalue weighted by Gasteiger charge is -2.29. The highest BCUT2D eigenvalue weighted by atomic mass is 16.6. The van der Waals surface area contributed by atoms with Crippen LogP contribution >= 0.6 is 0 Å². The first-order valence-corrected chi connectivity index (χ1v) is 9.52. The third-order valence-corrected chi connectivity index (χ3v) is 3.61. The van der Waals surface area contributed by atoms with Gasteiger partial charge in [-0.2, -0.15) is 0 Å². The van der Waals surface area contributed by atoms with Crippen molar-refractivity contribution in [2.45, 2.75) is 72.1 Å². The fourth-order valence-electron chi connectivity index (χ4n) is 2.23. The number of carbonyl (C=O) groups excluding carboxylic acids is 5. The Kier molecular flexibility index (Phi) is 11.1. The Morgan fingerprint density at radius 3 is 2.03 bits per heavy atom. The van der Waals surface area contributed by atoms with E-state index in [1.54, 1.807) is 40.9 Å². The number of hydrogen-bond donors (Lipinski definition) is 3. The standard InChI is InChI=1S/C19H33N4O6/c1-12(2)14(11-24)23(17(27)13(3)20)16(26)8-7-15(25)21-9-10-22-18(28)29-19(4,5)6/h12-14H,7-10,20H2,1-6H3,(H,21,25)(H,22,28)/t13-,14+/m0/s1. The van der Waals surface area contributed by atoms with Crippen molar-refractivity contribution in [3.8, 4) is 0 Å². The van der Waals surface area contributed by atoms with Gasteiger partial charge in [0.1, 0.15) is 11.6 Å². The van der Waals surface area contributed by atoms with Gasteiger partial charge in [-0.05, 0) is 33.6 Å². The van der Waals surface area contributed by atoms with E-state index in [1.807, 2.05) is 0 Å². The van der Waals surface area contributed by atoms with Gasteiger partial charge in [-0.15, -0.1) is 0 Å². The number of hydrogen-bond acceptors (Lipinski definition) is 7. The fraction of sp³-hybridized carbons (Fsp3) is 0.737. The Balaban J connectivity index is 4.56. The van der Waals surface area contributed by atoms with Crippen LogP contribution < -0.4 is 16.4 Å². The SMILES string of the molecule is CC(C)[C@@H]([C]=O)N(C(=O)CCC(=O)NCCNC(=O)OC(C)(C)C)C(=O)[C@H](C)N. The number of nitrogens with two attached hydrogens (primary N) is 1. The molecule has 0 fully saturated rings. The van der Waals surface area contributed by atoms with Crippen molar-refractivity contribution < 1.29 is 28.7 Å². The van der Waals surface area contributed by atoms with Crippen molar-refractivity contribution in [1.82, 2.24) is 15.5 Å². The summed E-state index contributed by atoms with van der Waals surface area (Å²) in [5.41, 5.74) is 4.95. The maximum absolute atomic E-state index is 12.5. The van der Waals surface area contributed by atoms with E-state index in [0.29, 0.717) is 0 Å². The van der Waals surface area contributed by atoms with Crippen LogP contribution in [-0.4, -0.2) is 65.8 Å². The second kappa shape index (κ2) is 12.2. The summed E-state index contributed by atoms with van der Waals surface area (Å²) in [5, 5.41) is 5.03. The molecular formula is C19H33N4O6. The summed E-state index contributed by atoms with van der Waals surface area (Å²) in [4.78, 5) is 60.2. The molecule has 0 aromatic rings. The smallest absolute Gasteiger partial charge is 0.407 e. The van der Waals surface area contributed by atoms with E-state index in [9.17, 15) is 24.0 Å². The molecule has 0 spiro atoms. The summed E-state index contributed by atoms with van der Waals surface area (Å²) in [7, 11) is 0. The molecule has 0 saturated heterocycles. The van der Waals surface area contributed by atoms with E-state index in [4.69, 9.17) is 10.5 Å². The van der Waals surface area contributed by atoms with Crippen LogP contribution in [-0.2, 0) is 23.9 Å². The van der Waals surface area contributed by atoms with E-state index in [-0.39, 0.29) is 31.8 Å². The third-order valence-electron chi connectivity index (χ3n) is 3.61. The molecule has 10 nitrogen and oxygen atoms in total. The molecule has 1 radical (unpaired) electrons. The molecule has 2 atom stereocenters. The van der Waals surface area contributed by atoms with Gasteiger partial charge in [0.15, 0.2) is 0 Å². The maximum atomic E-state index is 12.5. The van der Waals surface area contributed by atoms with E-state index in [2.05, 4.69) is 10.6 Å². The van der Waals surface area contributed by atoms with Crippen molar-refractivity contribution in [3.05, 3.63) is 0 Å². The summed E-state index contributed by atoms with van der Waals surface area (Å²) in [5.74, 6) is -2.14. The lowest BCUT2D eigenvalue weighted by atomic mass is 10.0. The predicted molar refractivity (Wildman–Crippen MR) is 106 cm³/mol. The molecule has 0 unspecified atom stereocenters. The summed E-state index contributed by atoms with van der Waals surface area (Å²) in [6.07, 6.45) is 0.648. The number of ether oxygens (including phenoxy) is 1. The second-order valence-corrected chi connectivity index (χ2v) is 7.98. The van der Waals surface area contributed by atoms with Crippen molar-refractivity contribution in [3.63, 3.8) is 0 Å². The quantitative estimate of drug-likeness (QED) is 0.435. The van der Waals surface area contributed by atoms with Gasteiger partial charge in [0.2, 0.25) is 24.0 Å². The van der Waals surface area contributed by atoms with E-state index in [1.165, 1.54) is 6.92 Å². The molecule has 0 aliphatic rings. The van der Waals surface area contributed by atoms with Gasteiger partial charge in [0.25, 0.3) is 0 Å². The number of rotatable bonds is 10. The normalized spacial score (nSPS) is 13.2. The van der Waals surface area contributed by atoms with Gasteiger partial charge in [0.05, 0.1) is 6.04 Å². The van der Waals surface area contributed by atoms with Crippen molar-refractivity contribution >= 4 is 30.1 Å². The first-order valence-electron chi connectivity index (χ1n) is 9.52. The molecule has 29 heavy (non-hydrogen) atoms. The summed E-state index contributed by atoms with van der Waals surface area (Å²) < 4.78 is 5.06. The van der Waals surface area contributed by atoms with Crippen LogP contribution in [0.1, 0.15) is 54.4 Å². The van der Waals surface area contributed by atoms with Gasteiger partial charge in [-0.25, -0.2) is 4.79 Å². The van der Waals surface area contributed by atoms with Crippen molar-refractivity contribution in [2.24, 2.45) is 11.7 Å². The third kappa shape index (κ3) is 10.6. The zero-order valence-electron chi connectivity index (χ0n) is 18.0. The van der Waals surface area contributed by atoms with Crippen LogP contribution in [0, 0.1) is 5.92 Å². The lowest BCUT2D eigenvalue weighted by Crippen LogP contribution is -2.53. The number of alkyl carbamates (subject to hydrolysis) is 1. The van der Waals surface area contributed by atoms with E-state index < -0.39 is 41.5 Å². The monoisotopic (exact) mass is 413 g/mol. The molecule has 0 aliphatic heterocycles. The topological polar surface area (TPSA) is 148 Å². The minimum atomic E-state index is -1.07. The van der Waals surface area contributed by atoms with Crippen molar-refractivity contribution in [1.29, 1.82) is 0 Å². The predicted octanol–water partition coefficient (Wildman–Crippen LogP) is 0.244. The van der Waals surface area contributed by atoms with Crippen LogP contribution in [0.5, 0.6) is 0 Å². The highest BCUT2D eigenvalue weighted by molar-refractivity contribution is 6.00. The average molecular weight is 413 g/mol. The molecule has 4 amide bonds. The van der Waals surface area contributed by atoms with Crippen LogP contribution in [0.4, 0.5) is 4.79 Å². The number of imide groups is 1. The second-order valence-electron chi connectivity index (χ2n) is 7.98. The van der Waals surface area contributed by atoms with Gasteiger partial charge < -0.3 is 21.1 Å². The van der Waals surface area contributed by atoms with Crippen LogP contribution in [0.2, 0.25) is 0 Å². The van der Waals surface area contributed by atoms with Gasteiger partial charge in [0, 0.05) is 25.9 Å². The zero-order valence-corrected chi connectivity index (χ0v) is 18.0. The Bertz CT molecular complexity index is 598. The van der Waals surface area contributed by atoms with Crippen LogP contribution in [0.15, 0.2) is 0 Å². The summed E-state index contributed by atoms with van der Waals surface area (Å²) in [6, 6.07) is -2.04. The molecule has 165 valence electrons. The summed E-state index contributed by atoms with van der Waals surface area (Å²) in [6.45, 7) is 10.3. The zero-order chi connectivity index (χ0) is 22.8. The first kappa shape index (κ1) is 26.5. The number of nitrogens with one attached hydrogen (secondary N) is 2. The minimum Gasteiger partial charge on any atom is -0.444 e. The highest BCUT2D eigenvalue weighted by Gasteiger charge is 2.33. The van der Waals surface area contributed by atoms with E-state index >= 15 is 0 Å². The minimum absolute atomic E-state index is 0.144. The van der Waals surface area contributed by atoms with E-state index in [0.717, 1.165) is 4.90 Å². The first-order chi connectivity index (χ1) is 13.3. The lowest BCUT2D eigenvalue weighted by molar-refractivity contribution is -0.148. The molecule has 0 heterocycles. The number of carbonyl (C=O) groups is 4. The fourth-order valence-corrected chi connectivity index (χ4v) is 2.23. The molecule has 10 heteroatoms. The molecule has 0 bridgehead atoms. The van der Waals surface area contributed by atoms with Crippen LogP contribution in [0.25, 0.3) is 0 Å². The Hall–Kier alpha value is -2.49. The van der Waals surface area contributed by atoms with Gasteiger partial charge in [-0.3, -0.25) is 24.1 Å². The number of nitrogens with zero attached hydrogens (tertiary/aromatic N) is 1. The maximum Gasteiger partial charge on any atom is 0.407 e. The molecule has 0 saturated carbocycles. The van der Waals surface area contributed by atoms with Gasteiger partial charge >= 0.3 is 6.09 Å². The Labute approximate surface area is 171 Å². The molecule has 0 rings (SSSR count). The Morgan fingerprint density at radius 1 is 1.03 bits per heavy atom. The average Bonchev–Trinajstić information content (AvgIpc) is 2.58. The Morgan fingerprint density at radius 2 is 1.59 bits per heavy atom. The molecular weight excluding hydrogens is 380 g/mol. The molecule has 0 aromatic carbocycles. The highest BCUT2D eigenvalue weighted by Crippen LogP contribution is 2.13. The number of amides is 4. The molecule has 4 N–H and O–H groups in total. The summed E-state index contributed by atoms with van der Waals surface area (Å²) >= 11 is 0. The molecule has 0 aliphatic carbocycles. The van der Waals surface area contributed by atoms with Crippen molar-refractivity contribution in [2.75, 3.05) is 13.1 Å². The van der Waals surface area contributed by atoms with Gasteiger partial charge in [-0.1, -0.05) is 13.8 Å².